The van der Waals surface area contributed by atoms with Crippen molar-refractivity contribution in [3.8, 4) is 5.75 Å². The van der Waals surface area contributed by atoms with E-state index in [1.54, 1.807) is 0 Å². The minimum Gasteiger partial charge on any atom is -0.491 e. The van der Waals surface area contributed by atoms with Crippen molar-refractivity contribution in [1.29, 1.82) is 0 Å². The number of nitrogens with zero attached hydrogens (tertiary/aromatic N) is 1. The van der Waals surface area contributed by atoms with Crippen LogP contribution < -0.4 is 20.3 Å². The van der Waals surface area contributed by atoms with Crippen LogP contribution in [-0.2, 0) is 4.79 Å². The molecule has 0 radical (unpaired) electrons. The van der Waals surface area contributed by atoms with E-state index in [9.17, 15) is 4.79 Å². The first-order valence-electron chi connectivity index (χ1n) is 6.35. The summed E-state index contributed by atoms with van der Waals surface area (Å²) in [5.74, 6) is 0.792. The largest absolute Gasteiger partial charge is 0.491 e. The van der Waals surface area contributed by atoms with Gasteiger partial charge in [0.05, 0.1) is 18.7 Å². The number of piperazine rings is 1. The molecule has 1 amide bonds. The van der Waals surface area contributed by atoms with Crippen LogP contribution in [0.3, 0.4) is 0 Å². The SMILES string of the molecule is O=C1CCOc2cc(N3CCNCC3)ccc2N1. The summed E-state index contributed by atoms with van der Waals surface area (Å²) in [5, 5.41) is 6.19. The Balaban J connectivity index is 1.85. The average Bonchev–Trinajstić information content (AvgIpc) is 2.59. The molecule has 18 heavy (non-hydrogen) atoms. The quantitative estimate of drug-likeness (QED) is 0.771. The molecular formula is C13H17N3O2. The molecule has 0 unspecified atom stereocenters. The second-order valence-electron chi connectivity index (χ2n) is 4.56. The number of amides is 1. The molecule has 0 atom stereocenters. The summed E-state index contributed by atoms with van der Waals surface area (Å²) in [6, 6.07) is 5.99. The summed E-state index contributed by atoms with van der Waals surface area (Å²) in [4.78, 5) is 13.7. The van der Waals surface area contributed by atoms with E-state index in [2.05, 4.69) is 15.5 Å². The van der Waals surface area contributed by atoms with Gasteiger partial charge in [-0.1, -0.05) is 0 Å². The monoisotopic (exact) mass is 247 g/mol. The Labute approximate surface area is 106 Å². The van der Waals surface area contributed by atoms with Gasteiger partial charge in [-0.25, -0.2) is 0 Å². The highest BCUT2D eigenvalue weighted by atomic mass is 16.5. The van der Waals surface area contributed by atoms with Crippen molar-refractivity contribution in [2.75, 3.05) is 43.0 Å². The highest BCUT2D eigenvalue weighted by molar-refractivity contribution is 5.93. The van der Waals surface area contributed by atoms with Crippen molar-refractivity contribution in [3.63, 3.8) is 0 Å². The lowest BCUT2D eigenvalue weighted by molar-refractivity contribution is -0.116. The van der Waals surface area contributed by atoms with Crippen LogP contribution in [0, 0.1) is 0 Å². The Bertz CT molecular complexity index is 456. The maximum atomic E-state index is 11.4. The third kappa shape index (κ3) is 2.26. The summed E-state index contributed by atoms with van der Waals surface area (Å²) in [7, 11) is 0. The molecule has 0 aromatic heterocycles. The minimum absolute atomic E-state index is 0.0173. The molecule has 5 heteroatoms. The van der Waals surface area contributed by atoms with Gasteiger partial charge in [0.15, 0.2) is 0 Å². The number of ether oxygens (including phenoxy) is 1. The maximum absolute atomic E-state index is 11.4. The number of anilines is 2. The lowest BCUT2D eigenvalue weighted by Crippen LogP contribution is -2.43. The third-order valence-corrected chi connectivity index (χ3v) is 3.31. The van der Waals surface area contributed by atoms with Crippen molar-refractivity contribution in [1.82, 2.24) is 5.32 Å². The predicted octanol–water partition coefficient (Wildman–Crippen LogP) is 0.817. The van der Waals surface area contributed by atoms with Crippen molar-refractivity contribution in [3.05, 3.63) is 18.2 Å². The first kappa shape index (κ1) is 11.3. The van der Waals surface area contributed by atoms with E-state index in [0.717, 1.165) is 43.3 Å². The van der Waals surface area contributed by atoms with Crippen molar-refractivity contribution in [2.45, 2.75) is 6.42 Å². The normalized spacial score (nSPS) is 19.6. The van der Waals surface area contributed by atoms with Crippen LogP contribution in [0.4, 0.5) is 11.4 Å². The molecule has 2 aliphatic heterocycles. The van der Waals surface area contributed by atoms with E-state index in [1.807, 2.05) is 18.2 Å². The summed E-state index contributed by atoms with van der Waals surface area (Å²) in [6.45, 7) is 4.48. The number of carbonyl (C=O) groups is 1. The zero-order chi connectivity index (χ0) is 12.4. The maximum Gasteiger partial charge on any atom is 0.227 e. The Kier molecular flexibility index (Phi) is 3.06. The molecule has 2 heterocycles. The molecule has 5 nitrogen and oxygen atoms in total. The number of nitrogens with one attached hydrogen (secondary N) is 2. The molecule has 2 N–H and O–H groups in total. The van der Waals surface area contributed by atoms with Crippen LogP contribution in [0.15, 0.2) is 18.2 Å². The Hall–Kier alpha value is -1.75. The topological polar surface area (TPSA) is 53.6 Å². The first-order chi connectivity index (χ1) is 8.83. The fourth-order valence-corrected chi connectivity index (χ4v) is 2.32. The molecule has 1 aromatic rings. The Morgan fingerprint density at radius 3 is 2.89 bits per heavy atom. The zero-order valence-corrected chi connectivity index (χ0v) is 10.2. The molecule has 1 fully saturated rings. The van der Waals surface area contributed by atoms with Crippen molar-refractivity contribution >= 4 is 17.3 Å². The number of fused-ring (bicyclic) bond motifs is 1. The molecule has 2 aliphatic rings. The molecule has 3 rings (SSSR count). The minimum atomic E-state index is 0.0173. The van der Waals surface area contributed by atoms with Gasteiger partial charge in [0.1, 0.15) is 5.75 Å². The van der Waals surface area contributed by atoms with E-state index in [4.69, 9.17) is 4.74 Å². The molecule has 96 valence electrons. The third-order valence-electron chi connectivity index (χ3n) is 3.31. The standard InChI is InChI=1S/C13H17N3O2/c17-13-3-8-18-12-9-10(1-2-11(12)15-13)16-6-4-14-5-7-16/h1-2,9,14H,3-8H2,(H,15,17). The van der Waals surface area contributed by atoms with Crippen molar-refractivity contribution < 1.29 is 9.53 Å². The lowest BCUT2D eigenvalue weighted by atomic mass is 10.2. The van der Waals surface area contributed by atoms with Crippen LogP contribution in [0.2, 0.25) is 0 Å². The predicted molar refractivity (Wildman–Crippen MR) is 70.3 cm³/mol. The van der Waals surface area contributed by atoms with Gasteiger partial charge in [0.2, 0.25) is 5.91 Å². The number of rotatable bonds is 1. The van der Waals surface area contributed by atoms with Gasteiger partial charge in [-0.2, -0.15) is 0 Å². The average molecular weight is 247 g/mol. The highest BCUT2D eigenvalue weighted by Gasteiger charge is 2.16. The van der Waals surface area contributed by atoms with Crippen LogP contribution in [-0.4, -0.2) is 38.7 Å². The van der Waals surface area contributed by atoms with Crippen LogP contribution in [0.5, 0.6) is 5.75 Å². The second kappa shape index (κ2) is 4.86. The van der Waals surface area contributed by atoms with E-state index in [1.165, 1.54) is 0 Å². The van der Waals surface area contributed by atoms with Gasteiger partial charge in [-0.15, -0.1) is 0 Å². The van der Waals surface area contributed by atoms with Gasteiger partial charge < -0.3 is 20.3 Å². The fourth-order valence-electron chi connectivity index (χ4n) is 2.32. The number of hydrogen-bond acceptors (Lipinski definition) is 4. The summed E-state index contributed by atoms with van der Waals surface area (Å²) in [5.41, 5.74) is 1.93. The molecule has 1 saturated heterocycles. The molecule has 0 saturated carbocycles. The van der Waals surface area contributed by atoms with Gasteiger partial charge in [0, 0.05) is 37.9 Å². The summed E-state index contributed by atoms with van der Waals surface area (Å²) < 4.78 is 5.62. The van der Waals surface area contributed by atoms with Gasteiger partial charge in [-0.3, -0.25) is 4.79 Å². The summed E-state index contributed by atoms with van der Waals surface area (Å²) >= 11 is 0. The molecule has 0 bridgehead atoms. The van der Waals surface area contributed by atoms with E-state index in [-0.39, 0.29) is 5.91 Å². The highest BCUT2D eigenvalue weighted by Crippen LogP contribution is 2.31. The molecule has 1 aromatic carbocycles. The lowest BCUT2D eigenvalue weighted by Gasteiger charge is -2.29. The smallest absolute Gasteiger partial charge is 0.227 e. The van der Waals surface area contributed by atoms with Crippen LogP contribution in [0.25, 0.3) is 0 Å². The Morgan fingerprint density at radius 1 is 1.22 bits per heavy atom. The first-order valence-corrected chi connectivity index (χ1v) is 6.35. The Morgan fingerprint density at radius 2 is 2.06 bits per heavy atom. The summed E-state index contributed by atoms with van der Waals surface area (Å²) in [6.07, 6.45) is 0.414. The van der Waals surface area contributed by atoms with Gasteiger partial charge in [0.25, 0.3) is 0 Å². The van der Waals surface area contributed by atoms with E-state index in [0.29, 0.717) is 13.0 Å². The number of carbonyl (C=O) groups excluding carboxylic acids is 1. The number of benzene rings is 1. The van der Waals surface area contributed by atoms with E-state index < -0.39 is 0 Å². The molecule has 0 spiro atoms. The van der Waals surface area contributed by atoms with Crippen molar-refractivity contribution in [2.24, 2.45) is 0 Å². The van der Waals surface area contributed by atoms with Gasteiger partial charge >= 0.3 is 0 Å². The fraction of sp³-hybridized carbons (Fsp3) is 0.462. The second-order valence-corrected chi connectivity index (χ2v) is 4.56. The molecule has 0 aliphatic carbocycles. The zero-order valence-electron chi connectivity index (χ0n) is 10.2. The molecular weight excluding hydrogens is 230 g/mol. The van der Waals surface area contributed by atoms with E-state index >= 15 is 0 Å². The van der Waals surface area contributed by atoms with Crippen LogP contribution in [0.1, 0.15) is 6.42 Å². The van der Waals surface area contributed by atoms with Crippen LogP contribution >= 0.6 is 0 Å². The van der Waals surface area contributed by atoms with Gasteiger partial charge in [-0.05, 0) is 12.1 Å². The number of hydrogen-bond donors (Lipinski definition) is 2.